The molecule has 0 amide bonds. The van der Waals surface area contributed by atoms with Gasteiger partial charge in [-0.3, -0.25) is 0 Å². The van der Waals surface area contributed by atoms with Crippen LogP contribution in [-0.2, 0) is 11.4 Å². The number of phenols is 1. The van der Waals surface area contributed by atoms with Crippen molar-refractivity contribution in [3.05, 3.63) is 42.0 Å². The van der Waals surface area contributed by atoms with Gasteiger partial charge in [0.05, 0.1) is 13.2 Å². The van der Waals surface area contributed by atoms with Crippen LogP contribution in [-0.4, -0.2) is 11.7 Å². The molecule has 0 heterocycles. The van der Waals surface area contributed by atoms with E-state index in [1.165, 1.54) is 0 Å². The maximum atomic E-state index is 9.81. The van der Waals surface area contributed by atoms with Gasteiger partial charge in [-0.15, -0.1) is 0 Å². The molecule has 0 atom stereocenters. The van der Waals surface area contributed by atoms with Gasteiger partial charge in [-0.1, -0.05) is 30.3 Å². The topological polar surface area (TPSA) is 41.5 Å². The van der Waals surface area contributed by atoms with Gasteiger partial charge in [-0.25, -0.2) is 0 Å². The molecule has 0 radical (unpaired) electrons. The van der Waals surface area contributed by atoms with Crippen LogP contribution < -0.4 is 5.48 Å². The number of benzene rings is 2. The number of rotatable bonds is 4. The largest absolute Gasteiger partial charge is 0.508 e. The van der Waals surface area contributed by atoms with Crippen LogP contribution in [0.1, 0.15) is 12.5 Å². The first kappa shape index (κ1) is 10.9. The summed E-state index contributed by atoms with van der Waals surface area (Å²) in [5, 5.41) is 12.0. The van der Waals surface area contributed by atoms with E-state index in [1.807, 2.05) is 37.3 Å². The number of aromatic hydroxyl groups is 1. The molecule has 0 spiro atoms. The van der Waals surface area contributed by atoms with Gasteiger partial charge in [-0.05, 0) is 23.8 Å². The molecule has 2 aromatic rings. The monoisotopic (exact) mass is 217 g/mol. The number of hydrogen-bond donors (Lipinski definition) is 2. The summed E-state index contributed by atoms with van der Waals surface area (Å²) in [6.45, 7) is 3.02. The summed E-state index contributed by atoms with van der Waals surface area (Å²) >= 11 is 0. The van der Waals surface area contributed by atoms with Gasteiger partial charge in [0.15, 0.2) is 0 Å². The molecule has 84 valence electrons. The van der Waals surface area contributed by atoms with E-state index in [4.69, 9.17) is 4.84 Å². The van der Waals surface area contributed by atoms with Gasteiger partial charge >= 0.3 is 0 Å². The Hall–Kier alpha value is -1.58. The number of fused-ring (bicyclic) bond motifs is 1. The fourth-order valence-electron chi connectivity index (χ4n) is 1.74. The Morgan fingerprint density at radius 3 is 2.81 bits per heavy atom. The molecule has 0 aliphatic carbocycles. The number of phenolic OH excluding ortho intramolecular Hbond substituents is 1. The lowest BCUT2D eigenvalue weighted by molar-refractivity contribution is 0.0462. The zero-order valence-electron chi connectivity index (χ0n) is 9.23. The first-order valence-electron chi connectivity index (χ1n) is 5.37. The van der Waals surface area contributed by atoms with Crippen molar-refractivity contribution in [3.8, 4) is 5.75 Å². The van der Waals surface area contributed by atoms with Crippen molar-refractivity contribution in [1.82, 2.24) is 5.48 Å². The highest BCUT2D eigenvalue weighted by Gasteiger charge is 2.05. The minimum atomic E-state index is 0.297. The maximum absolute atomic E-state index is 9.81. The Bertz CT molecular complexity index is 482. The lowest BCUT2D eigenvalue weighted by Gasteiger charge is -2.09. The molecule has 2 rings (SSSR count). The summed E-state index contributed by atoms with van der Waals surface area (Å²) in [4.78, 5) is 5.08. The number of hydroxylamine groups is 1. The fraction of sp³-hybridized carbons (Fsp3) is 0.231. The van der Waals surface area contributed by atoms with Gasteiger partial charge in [-0.2, -0.15) is 5.48 Å². The molecule has 3 heteroatoms. The second-order valence-corrected chi connectivity index (χ2v) is 3.54. The van der Waals surface area contributed by atoms with Gasteiger partial charge in [0.25, 0.3) is 0 Å². The summed E-state index contributed by atoms with van der Waals surface area (Å²) in [6, 6.07) is 11.6. The second-order valence-electron chi connectivity index (χ2n) is 3.54. The fourth-order valence-corrected chi connectivity index (χ4v) is 1.74. The highest BCUT2D eigenvalue weighted by Crippen LogP contribution is 2.26. The van der Waals surface area contributed by atoms with Crippen molar-refractivity contribution in [1.29, 1.82) is 0 Å². The molecule has 0 aromatic heterocycles. The van der Waals surface area contributed by atoms with E-state index in [9.17, 15) is 5.11 Å². The first-order valence-corrected chi connectivity index (χ1v) is 5.37. The van der Waals surface area contributed by atoms with Crippen molar-refractivity contribution in [3.63, 3.8) is 0 Å². The summed E-state index contributed by atoms with van der Waals surface area (Å²) in [5.74, 6) is 0.297. The molecule has 0 saturated carbocycles. The average molecular weight is 217 g/mol. The third-order valence-corrected chi connectivity index (χ3v) is 2.51. The SMILES string of the molecule is CCONCc1c(O)ccc2ccccc12. The van der Waals surface area contributed by atoms with Gasteiger partial charge < -0.3 is 9.94 Å². The average Bonchev–Trinajstić information content (AvgIpc) is 2.32. The minimum Gasteiger partial charge on any atom is -0.508 e. The van der Waals surface area contributed by atoms with E-state index in [0.717, 1.165) is 16.3 Å². The standard InChI is InChI=1S/C13H15NO2/c1-2-16-14-9-12-11-6-4-3-5-10(11)7-8-13(12)15/h3-8,14-15H,2,9H2,1H3. The molecular formula is C13H15NO2. The van der Waals surface area contributed by atoms with E-state index in [0.29, 0.717) is 18.9 Å². The zero-order valence-corrected chi connectivity index (χ0v) is 9.23. The van der Waals surface area contributed by atoms with Crippen LogP contribution in [0.2, 0.25) is 0 Å². The molecule has 2 N–H and O–H groups in total. The van der Waals surface area contributed by atoms with Crippen molar-refractivity contribution in [2.75, 3.05) is 6.61 Å². The quantitative estimate of drug-likeness (QED) is 0.611. The molecule has 0 saturated heterocycles. The van der Waals surface area contributed by atoms with Gasteiger partial charge in [0.1, 0.15) is 5.75 Å². The zero-order chi connectivity index (χ0) is 11.4. The third kappa shape index (κ3) is 2.15. The van der Waals surface area contributed by atoms with Crippen LogP contribution in [0.4, 0.5) is 0 Å². The normalized spacial score (nSPS) is 10.8. The van der Waals surface area contributed by atoms with E-state index >= 15 is 0 Å². The summed E-state index contributed by atoms with van der Waals surface area (Å²) < 4.78 is 0. The van der Waals surface area contributed by atoms with Crippen LogP contribution in [0.5, 0.6) is 5.75 Å². The van der Waals surface area contributed by atoms with Crippen molar-refractivity contribution >= 4 is 10.8 Å². The molecule has 0 fully saturated rings. The van der Waals surface area contributed by atoms with Crippen LogP contribution in [0.15, 0.2) is 36.4 Å². The second kappa shape index (κ2) is 4.96. The van der Waals surface area contributed by atoms with E-state index in [-0.39, 0.29) is 0 Å². The Morgan fingerprint density at radius 1 is 1.19 bits per heavy atom. The lowest BCUT2D eigenvalue weighted by Crippen LogP contribution is -2.13. The Kier molecular flexibility index (Phi) is 3.39. The van der Waals surface area contributed by atoms with Crippen LogP contribution >= 0.6 is 0 Å². The first-order chi connectivity index (χ1) is 7.83. The van der Waals surface area contributed by atoms with E-state index in [1.54, 1.807) is 6.07 Å². The summed E-state index contributed by atoms with van der Waals surface area (Å²) in [6.07, 6.45) is 0. The molecule has 0 bridgehead atoms. The molecule has 0 aliphatic rings. The minimum absolute atomic E-state index is 0.297. The van der Waals surface area contributed by atoms with Gasteiger partial charge in [0.2, 0.25) is 0 Å². The molecular weight excluding hydrogens is 202 g/mol. The molecule has 0 unspecified atom stereocenters. The van der Waals surface area contributed by atoms with Crippen LogP contribution in [0.25, 0.3) is 10.8 Å². The van der Waals surface area contributed by atoms with E-state index in [2.05, 4.69) is 5.48 Å². The van der Waals surface area contributed by atoms with Crippen molar-refractivity contribution < 1.29 is 9.94 Å². The highest BCUT2D eigenvalue weighted by molar-refractivity contribution is 5.87. The summed E-state index contributed by atoms with van der Waals surface area (Å²) in [7, 11) is 0. The van der Waals surface area contributed by atoms with Crippen molar-refractivity contribution in [2.24, 2.45) is 0 Å². The van der Waals surface area contributed by atoms with Crippen molar-refractivity contribution in [2.45, 2.75) is 13.5 Å². The Morgan fingerprint density at radius 2 is 2.00 bits per heavy atom. The molecule has 3 nitrogen and oxygen atoms in total. The van der Waals surface area contributed by atoms with Crippen LogP contribution in [0.3, 0.4) is 0 Å². The predicted molar refractivity (Wildman–Crippen MR) is 64.1 cm³/mol. The number of hydrogen-bond acceptors (Lipinski definition) is 3. The maximum Gasteiger partial charge on any atom is 0.120 e. The van der Waals surface area contributed by atoms with Crippen LogP contribution in [0, 0.1) is 0 Å². The Balaban J connectivity index is 2.37. The predicted octanol–water partition coefficient (Wildman–Crippen LogP) is 2.59. The van der Waals surface area contributed by atoms with E-state index < -0.39 is 0 Å². The van der Waals surface area contributed by atoms with Gasteiger partial charge in [0, 0.05) is 5.56 Å². The highest BCUT2D eigenvalue weighted by atomic mass is 16.6. The Labute approximate surface area is 94.6 Å². The molecule has 2 aromatic carbocycles. The third-order valence-electron chi connectivity index (χ3n) is 2.51. The number of nitrogens with one attached hydrogen (secondary N) is 1. The lowest BCUT2D eigenvalue weighted by atomic mass is 10.0. The molecule has 16 heavy (non-hydrogen) atoms. The summed E-state index contributed by atoms with van der Waals surface area (Å²) in [5.41, 5.74) is 3.69. The molecule has 0 aliphatic heterocycles. The smallest absolute Gasteiger partial charge is 0.120 e.